The summed E-state index contributed by atoms with van der Waals surface area (Å²) in [6, 6.07) is 11.2. The van der Waals surface area contributed by atoms with E-state index in [0.29, 0.717) is 14.7 Å². The van der Waals surface area contributed by atoms with Gasteiger partial charge in [-0.3, -0.25) is 9.36 Å². The Balaban J connectivity index is 1.81. The van der Waals surface area contributed by atoms with Gasteiger partial charge in [0.2, 0.25) is 5.91 Å². The molecule has 1 aromatic heterocycles. The fourth-order valence-corrected chi connectivity index (χ4v) is 3.96. The summed E-state index contributed by atoms with van der Waals surface area (Å²) in [6.45, 7) is 3.34. The Hall–Kier alpha value is -2.84. The minimum Gasteiger partial charge on any atom is -0.324 e. The van der Waals surface area contributed by atoms with Gasteiger partial charge in [-0.05, 0) is 43.7 Å². The lowest BCUT2D eigenvalue weighted by atomic mass is 10.2. The standard InChI is InChI=1S/C19H18ClN3O4S/c1-13-3-7-16(8-4-13)28(26,27)23-10-9-22(19(23)25)12-18(24)21-15-6-5-14(2)17(20)11-15/h3-11H,12H2,1-2H3,(H,21,24). The van der Waals surface area contributed by atoms with E-state index in [-0.39, 0.29) is 11.4 Å². The molecule has 0 spiro atoms. The molecule has 28 heavy (non-hydrogen) atoms. The van der Waals surface area contributed by atoms with Crippen LogP contribution in [0.3, 0.4) is 0 Å². The van der Waals surface area contributed by atoms with Crippen LogP contribution < -0.4 is 11.0 Å². The number of aryl methyl sites for hydroxylation is 2. The lowest BCUT2D eigenvalue weighted by Crippen LogP contribution is -2.32. The van der Waals surface area contributed by atoms with Gasteiger partial charge < -0.3 is 5.32 Å². The van der Waals surface area contributed by atoms with E-state index in [1.807, 2.05) is 13.8 Å². The molecule has 1 N–H and O–H groups in total. The van der Waals surface area contributed by atoms with E-state index in [0.717, 1.165) is 21.9 Å². The van der Waals surface area contributed by atoms with Crippen molar-refractivity contribution in [1.29, 1.82) is 0 Å². The lowest BCUT2D eigenvalue weighted by molar-refractivity contribution is -0.116. The summed E-state index contributed by atoms with van der Waals surface area (Å²) in [5.74, 6) is -0.479. The summed E-state index contributed by atoms with van der Waals surface area (Å²) in [5.41, 5.74) is 1.43. The molecule has 146 valence electrons. The third-order valence-corrected chi connectivity index (χ3v) is 6.23. The second kappa shape index (κ2) is 7.65. The lowest BCUT2D eigenvalue weighted by Gasteiger charge is -2.07. The molecule has 0 aliphatic rings. The predicted molar refractivity (Wildman–Crippen MR) is 107 cm³/mol. The van der Waals surface area contributed by atoms with Gasteiger partial charge in [-0.2, -0.15) is 3.97 Å². The highest BCUT2D eigenvalue weighted by Crippen LogP contribution is 2.20. The second-order valence-corrected chi connectivity index (χ2v) is 8.56. The zero-order chi connectivity index (χ0) is 20.5. The van der Waals surface area contributed by atoms with E-state index >= 15 is 0 Å². The Morgan fingerprint density at radius 1 is 1.07 bits per heavy atom. The molecule has 0 aliphatic heterocycles. The van der Waals surface area contributed by atoms with Crippen molar-refractivity contribution in [3.63, 3.8) is 0 Å². The summed E-state index contributed by atoms with van der Waals surface area (Å²) in [6.07, 6.45) is 2.39. The third kappa shape index (κ3) is 4.02. The molecule has 2 aromatic carbocycles. The maximum atomic E-state index is 12.7. The average molecular weight is 420 g/mol. The minimum absolute atomic E-state index is 0.00306. The zero-order valence-electron chi connectivity index (χ0n) is 15.2. The van der Waals surface area contributed by atoms with Gasteiger partial charge in [-0.15, -0.1) is 0 Å². The highest BCUT2D eigenvalue weighted by atomic mass is 35.5. The molecule has 3 rings (SSSR count). The molecule has 0 radical (unpaired) electrons. The fourth-order valence-electron chi connectivity index (χ4n) is 2.55. The molecule has 1 amide bonds. The van der Waals surface area contributed by atoms with Crippen LogP contribution in [0.25, 0.3) is 0 Å². The number of hydrogen-bond acceptors (Lipinski definition) is 4. The Morgan fingerprint density at radius 3 is 2.39 bits per heavy atom. The van der Waals surface area contributed by atoms with E-state index in [1.165, 1.54) is 18.3 Å². The number of hydrogen-bond donors (Lipinski definition) is 1. The van der Waals surface area contributed by atoms with Gasteiger partial charge in [0.05, 0.1) is 4.90 Å². The van der Waals surface area contributed by atoms with Crippen molar-refractivity contribution in [1.82, 2.24) is 8.54 Å². The number of amides is 1. The van der Waals surface area contributed by atoms with E-state index in [1.54, 1.807) is 30.3 Å². The highest BCUT2D eigenvalue weighted by molar-refractivity contribution is 7.90. The number of nitrogens with zero attached hydrogens (tertiary/aromatic N) is 2. The van der Waals surface area contributed by atoms with Crippen LogP contribution in [-0.2, 0) is 21.4 Å². The van der Waals surface area contributed by atoms with Crippen molar-refractivity contribution in [3.05, 3.63) is 81.5 Å². The zero-order valence-corrected chi connectivity index (χ0v) is 16.8. The molecule has 0 atom stereocenters. The normalized spacial score (nSPS) is 11.4. The molecule has 0 aliphatic carbocycles. The first-order valence-electron chi connectivity index (χ1n) is 8.34. The number of rotatable bonds is 5. The maximum Gasteiger partial charge on any atom is 0.342 e. The molecule has 0 bridgehead atoms. The number of carbonyl (C=O) groups is 1. The van der Waals surface area contributed by atoms with Crippen molar-refractivity contribution in [2.45, 2.75) is 25.3 Å². The molecular formula is C19H18ClN3O4S. The molecule has 0 fully saturated rings. The fraction of sp³-hybridized carbons (Fsp3) is 0.158. The van der Waals surface area contributed by atoms with Crippen molar-refractivity contribution >= 4 is 33.2 Å². The number of halogens is 1. The van der Waals surface area contributed by atoms with E-state index < -0.39 is 21.6 Å². The second-order valence-electron chi connectivity index (χ2n) is 6.33. The number of imidazole rings is 1. The smallest absolute Gasteiger partial charge is 0.324 e. The summed E-state index contributed by atoms with van der Waals surface area (Å²) in [7, 11) is -4.04. The van der Waals surface area contributed by atoms with Gasteiger partial charge in [0, 0.05) is 23.1 Å². The summed E-state index contributed by atoms with van der Waals surface area (Å²) < 4.78 is 27.0. The number of carbonyl (C=O) groups excluding carboxylic acids is 1. The van der Waals surface area contributed by atoms with Crippen LogP contribution in [0.1, 0.15) is 11.1 Å². The predicted octanol–water partition coefficient (Wildman–Crippen LogP) is 2.80. The topological polar surface area (TPSA) is 90.2 Å². The molecule has 0 saturated heterocycles. The SMILES string of the molecule is Cc1ccc(S(=O)(=O)n2ccn(CC(=O)Nc3ccc(C)c(Cl)c3)c2=O)cc1. The van der Waals surface area contributed by atoms with Crippen molar-refractivity contribution in [2.75, 3.05) is 5.32 Å². The molecule has 3 aromatic rings. The van der Waals surface area contributed by atoms with E-state index in [2.05, 4.69) is 5.32 Å². The first-order chi connectivity index (χ1) is 13.2. The van der Waals surface area contributed by atoms with Crippen molar-refractivity contribution in [3.8, 4) is 0 Å². The summed E-state index contributed by atoms with van der Waals surface area (Å²) >= 11 is 6.03. The molecular weight excluding hydrogens is 402 g/mol. The quantitative estimate of drug-likeness (QED) is 0.688. The monoisotopic (exact) mass is 419 g/mol. The van der Waals surface area contributed by atoms with Crippen LogP contribution in [0.4, 0.5) is 5.69 Å². The highest BCUT2D eigenvalue weighted by Gasteiger charge is 2.21. The first kappa shape index (κ1) is 19.9. The van der Waals surface area contributed by atoms with Crippen LogP contribution >= 0.6 is 11.6 Å². The Morgan fingerprint density at radius 2 is 1.75 bits per heavy atom. The van der Waals surface area contributed by atoms with E-state index in [9.17, 15) is 18.0 Å². The maximum absolute atomic E-state index is 12.7. The molecule has 9 heteroatoms. The minimum atomic E-state index is -4.04. The summed E-state index contributed by atoms with van der Waals surface area (Å²) in [5, 5.41) is 3.13. The van der Waals surface area contributed by atoms with Crippen LogP contribution in [0.5, 0.6) is 0 Å². The Bertz CT molecular complexity index is 1190. The van der Waals surface area contributed by atoms with Gasteiger partial charge >= 0.3 is 5.69 Å². The van der Waals surface area contributed by atoms with Gasteiger partial charge in [0.25, 0.3) is 10.0 Å². The Kier molecular flexibility index (Phi) is 5.44. The van der Waals surface area contributed by atoms with Crippen LogP contribution in [0.2, 0.25) is 5.02 Å². The summed E-state index contributed by atoms with van der Waals surface area (Å²) in [4.78, 5) is 24.7. The van der Waals surface area contributed by atoms with Gasteiger partial charge in [0.15, 0.2) is 0 Å². The number of anilines is 1. The van der Waals surface area contributed by atoms with E-state index in [4.69, 9.17) is 11.6 Å². The molecule has 7 nitrogen and oxygen atoms in total. The number of benzene rings is 2. The van der Waals surface area contributed by atoms with Gasteiger partial charge in [0.1, 0.15) is 6.54 Å². The molecule has 0 unspecified atom stereocenters. The first-order valence-corrected chi connectivity index (χ1v) is 10.2. The third-order valence-electron chi connectivity index (χ3n) is 4.16. The molecule has 0 saturated carbocycles. The van der Waals surface area contributed by atoms with Gasteiger partial charge in [-0.1, -0.05) is 35.4 Å². The Labute approximate surface area is 167 Å². The molecule has 1 heterocycles. The average Bonchev–Trinajstić information content (AvgIpc) is 3.00. The van der Waals surface area contributed by atoms with Crippen molar-refractivity contribution in [2.24, 2.45) is 0 Å². The number of aromatic nitrogens is 2. The van der Waals surface area contributed by atoms with Crippen LogP contribution in [-0.4, -0.2) is 22.9 Å². The van der Waals surface area contributed by atoms with Crippen LogP contribution in [0.15, 0.2) is 64.5 Å². The number of nitrogens with one attached hydrogen (secondary N) is 1. The van der Waals surface area contributed by atoms with Gasteiger partial charge in [-0.25, -0.2) is 13.2 Å². The van der Waals surface area contributed by atoms with Crippen molar-refractivity contribution < 1.29 is 13.2 Å². The van der Waals surface area contributed by atoms with Crippen LogP contribution in [0, 0.1) is 13.8 Å². The largest absolute Gasteiger partial charge is 0.342 e.